The lowest BCUT2D eigenvalue weighted by atomic mass is 10.2. The topological polar surface area (TPSA) is 26.8 Å². The lowest BCUT2D eigenvalue weighted by Crippen LogP contribution is -2.40. The lowest BCUT2D eigenvalue weighted by Gasteiger charge is -2.24. The van der Waals surface area contributed by atoms with Crippen molar-refractivity contribution in [2.45, 2.75) is 19.4 Å². The standard InChI is InChI=1S/C19H29N3O/c1-4-22(13-8-11-17-9-6-5-7-10-17)19(23)16-21-14-12-18(15-21)20(2)3/h5-11,18H,4,12-16H2,1-3H3/b11-8+. The first kappa shape index (κ1) is 17.7. The number of nitrogens with zero attached hydrogens (tertiary/aromatic N) is 3. The van der Waals surface area contributed by atoms with Crippen molar-refractivity contribution < 1.29 is 4.79 Å². The Morgan fingerprint density at radius 2 is 2.04 bits per heavy atom. The molecule has 1 aromatic rings. The molecule has 23 heavy (non-hydrogen) atoms. The van der Waals surface area contributed by atoms with E-state index >= 15 is 0 Å². The molecular weight excluding hydrogens is 286 g/mol. The second-order valence-corrected chi connectivity index (χ2v) is 6.39. The van der Waals surface area contributed by atoms with Crippen molar-refractivity contribution in [1.82, 2.24) is 14.7 Å². The highest BCUT2D eigenvalue weighted by Gasteiger charge is 2.26. The van der Waals surface area contributed by atoms with Crippen LogP contribution >= 0.6 is 0 Å². The van der Waals surface area contributed by atoms with Gasteiger partial charge in [0.1, 0.15) is 0 Å². The molecule has 0 saturated carbocycles. The maximum atomic E-state index is 12.5. The third-order valence-electron chi connectivity index (χ3n) is 4.51. The van der Waals surface area contributed by atoms with Crippen LogP contribution in [-0.2, 0) is 4.79 Å². The predicted molar refractivity (Wildman–Crippen MR) is 96.3 cm³/mol. The smallest absolute Gasteiger partial charge is 0.237 e. The van der Waals surface area contributed by atoms with Gasteiger partial charge in [0.15, 0.2) is 0 Å². The predicted octanol–water partition coefficient (Wildman–Crippen LogP) is 2.18. The molecular formula is C19H29N3O. The van der Waals surface area contributed by atoms with E-state index in [1.807, 2.05) is 30.0 Å². The summed E-state index contributed by atoms with van der Waals surface area (Å²) in [6, 6.07) is 10.8. The minimum atomic E-state index is 0.226. The molecule has 2 rings (SSSR count). The molecule has 0 aromatic heterocycles. The molecule has 4 heteroatoms. The zero-order valence-electron chi connectivity index (χ0n) is 14.6. The molecule has 1 fully saturated rings. The number of benzene rings is 1. The molecule has 4 nitrogen and oxygen atoms in total. The summed E-state index contributed by atoms with van der Waals surface area (Å²) >= 11 is 0. The number of hydrogen-bond acceptors (Lipinski definition) is 3. The fraction of sp³-hybridized carbons (Fsp3) is 0.526. The van der Waals surface area contributed by atoms with Gasteiger partial charge in [-0.3, -0.25) is 9.69 Å². The highest BCUT2D eigenvalue weighted by molar-refractivity contribution is 5.78. The summed E-state index contributed by atoms with van der Waals surface area (Å²) in [5.74, 6) is 0.226. The minimum absolute atomic E-state index is 0.226. The Hall–Kier alpha value is -1.65. The van der Waals surface area contributed by atoms with E-state index < -0.39 is 0 Å². The zero-order valence-corrected chi connectivity index (χ0v) is 14.6. The van der Waals surface area contributed by atoms with Crippen LogP contribution in [0.5, 0.6) is 0 Å². The number of carbonyl (C=O) groups is 1. The first-order chi connectivity index (χ1) is 11.1. The van der Waals surface area contributed by atoms with Crippen molar-refractivity contribution in [1.29, 1.82) is 0 Å². The van der Waals surface area contributed by atoms with E-state index in [1.54, 1.807) is 0 Å². The Kier molecular flexibility index (Phi) is 6.81. The van der Waals surface area contributed by atoms with E-state index in [2.05, 4.69) is 48.2 Å². The van der Waals surface area contributed by atoms with Crippen LogP contribution in [0.15, 0.2) is 36.4 Å². The van der Waals surface area contributed by atoms with Crippen LogP contribution in [0, 0.1) is 0 Å². The van der Waals surface area contributed by atoms with Crippen LogP contribution < -0.4 is 0 Å². The van der Waals surface area contributed by atoms with Gasteiger partial charge in [0.25, 0.3) is 0 Å². The van der Waals surface area contributed by atoms with Gasteiger partial charge in [-0.15, -0.1) is 0 Å². The van der Waals surface area contributed by atoms with Crippen molar-refractivity contribution in [2.24, 2.45) is 0 Å². The summed E-state index contributed by atoms with van der Waals surface area (Å²) in [7, 11) is 4.23. The van der Waals surface area contributed by atoms with E-state index in [-0.39, 0.29) is 5.91 Å². The molecule has 1 atom stereocenters. The fourth-order valence-corrected chi connectivity index (χ4v) is 2.96. The average Bonchev–Trinajstić information content (AvgIpc) is 3.01. The Labute approximate surface area is 140 Å². The molecule has 1 amide bonds. The summed E-state index contributed by atoms with van der Waals surface area (Å²) in [5.41, 5.74) is 1.17. The number of hydrogen-bond donors (Lipinski definition) is 0. The van der Waals surface area contributed by atoms with Crippen molar-refractivity contribution in [3.8, 4) is 0 Å². The third kappa shape index (κ3) is 5.48. The quantitative estimate of drug-likeness (QED) is 0.772. The third-order valence-corrected chi connectivity index (χ3v) is 4.51. The highest BCUT2D eigenvalue weighted by Crippen LogP contribution is 2.13. The Morgan fingerprint density at radius 3 is 2.65 bits per heavy atom. The first-order valence-corrected chi connectivity index (χ1v) is 8.48. The first-order valence-electron chi connectivity index (χ1n) is 8.48. The molecule has 0 aliphatic carbocycles. The maximum absolute atomic E-state index is 12.5. The van der Waals surface area contributed by atoms with Gasteiger partial charge in [0.05, 0.1) is 6.54 Å². The van der Waals surface area contributed by atoms with Gasteiger partial charge in [0, 0.05) is 32.2 Å². The summed E-state index contributed by atoms with van der Waals surface area (Å²) < 4.78 is 0. The van der Waals surface area contributed by atoms with Gasteiger partial charge < -0.3 is 9.80 Å². The van der Waals surface area contributed by atoms with Crippen LogP contribution in [0.2, 0.25) is 0 Å². The van der Waals surface area contributed by atoms with Crippen LogP contribution in [0.3, 0.4) is 0 Å². The van der Waals surface area contributed by atoms with E-state index in [0.717, 1.165) is 26.1 Å². The van der Waals surface area contributed by atoms with E-state index in [9.17, 15) is 4.79 Å². The van der Waals surface area contributed by atoms with Crippen LogP contribution in [0.4, 0.5) is 0 Å². The largest absolute Gasteiger partial charge is 0.338 e. The molecule has 1 unspecified atom stereocenters. The second kappa shape index (κ2) is 8.85. The van der Waals surface area contributed by atoms with Crippen LogP contribution in [0.25, 0.3) is 6.08 Å². The molecule has 0 radical (unpaired) electrons. The average molecular weight is 315 g/mol. The number of likely N-dealkylation sites (N-methyl/N-ethyl adjacent to an activating group) is 2. The molecule has 1 aliphatic heterocycles. The van der Waals surface area contributed by atoms with Crippen LogP contribution in [0.1, 0.15) is 18.9 Å². The molecule has 1 aliphatic rings. The molecule has 126 valence electrons. The lowest BCUT2D eigenvalue weighted by molar-refractivity contribution is -0.131. The van der Waals surface area contributed by atoms with E-state index in [4.69, 9.17) is 0 Å². The van der Waals surface area contributed by atoms with E-state index in [1.165, 1.54) is 5.56 Å². The molecule has 1 heterocycles. The molecule has 0 bridgehead atoms. The van der Waals surface area contributed by atoms with Crippen molar-refractivity contribution in [2.75, 3.05) is 46.8 Å². The number of amides is 1. The van der Waals surface area contributed by atoms with Gasteiger partial charge in [-0.1, -0.05) is 42.5 Å². The van der Waals surface area contributed by atoms with Gasteiger partial charge >= 0.3 is 0 Å². The Morgan fingerprint density at radius 1 is 1.30 bits per heavy atom. The van der Waals surface area contributed by atoms with Gasteiger partial charge in [-0.05, 0) is 33.0 Å². The molecule has 1 aromatic carbocycles. The molecule has 1 saturated heterocycles. The number of carbonyl (C=O) groups excluding carboxylic acids is 1. The summed E-state index contributed by atoms with van der Waals surface area (Å²) in [6.07, 6.45) is 5.30. The van der Waals surface area contributed by atoms with Crippen molar-refractivity contribution in [3.05, 3.63) is 42.0 Å². The summed E-state index contributed by atoms with van der Waals surface area (Å²) in [4.78, 5) is 18.9. The van der Waals surface area contributed by atoms with Gasteiger partial charge in [0.2, 0.25) is 5.91 Å². The minimum Gasteiger partial charge on any atom is -0.338 e. The fourth-order valence-electron chi connectivity index (χ4n) is 2.96. The number of rotatable bonds is 7. The van der Waals surface area contributed by atoms with Crippen molar-refractivity contribution in [3.63, 3.8) is 0 Å². The summed E-state index contributed by atoms with van der Waals surface area (Å²) in [6.45, 7) is 6.03. The second-order valence-electron chi connectivity index (χ2n) is 6.39. The van der Waals surface area contributed by atoms with E-state index in [0.29, 0.717) is 19.1 Å². The maximum Gasteiger partial charge on any atom is 0.237 e. The van der Waals surface area contributed by atoms with Crippen LogP contribution in [-0.4, -0.2) is 73.5 Å². The zero-order chi connectivity index (χ0) is 16.7. The Bertz CT molecular complexity index is 513. The summed E-state index contributed by atoms with van der Waals surface area (Å²) in [5, 5.41) is 0. The molecule has 0 N–H and O–H groups in total. The number of likely N-dealkylation sites (tertiary alicyclic amines) is 1. The van der Waals surface area contributed by atoms with Gasteiger partial charge in [-0.2, -0.15) is 0 Å². The monoisotopic (exact) mass is 315 g/mol. The Balaban J connectivity index is 1.81. The van der Waals surface area contributed by atoms with Gasteiger partial charge in [-0.25, -0.2) is 0 Å². The highest BCUT2D eigenvalue weighted by atomic mass is 16.2. The normalized spacial score (nSPS) is 18.9. The molecule has 0 spiro atoms. The van der Waals surface area contributed by atoms with Crippen molar-refractivity contribution >= 4 is 12.0 Å². The SMILES string of the molecule is CCN(C/C=C/c1ccccc1)C(=O)CN1CCC(N(C)C)C1.